The van der Waals surface area contributed by atoms with Crippen molar-refractivity contribution in [1.29, 1.82) is 0 Å². The Hall–Kier alpha value is -0.920. The molecule has 0 atom stereocenters. The van der Waals surface area contributed by atoms with Crippen LogP contribution in [0.15, 0.2) is 36.4 Å². The van der Waals surface area contributed by atoms with Crippen molar-refractivity contribution in [1.82, 2.24) is 10.6 Å². The maximum absolute atomic E-state index is 8.71. The second kappa shape index (κ2) is 15.0. The number of methoxy groups -OCH3 is 1. The van der Waals surface area contributed by atoms with E-state index in [1.807, 2.05) is 24.3 Å². The van der Waals surface area contributed by atoms with Gasteiger partial charge in [-0.3, -0.25) is 0 Å². The smallest absolute Gasteiger partial charge is 0.161 e. The largest absolute Gasteiger partial charge is 0.493 e. The average molecular weight is 472 g/mol. The maximum atomic E-state index is 8.71. The second-order valence-corrected chi connectivity index (χ2v) is 6.50. The van der Waals surface area contributed by atoms with E-state index in [1.165, 1.54) is 0 Å². The lowest BCUT2D eigenvalue weighted by molar-refractivity contribution is 0.284. The highest BCUT2D eigenvalue weighted by molar-refractivity contribution is 6.35. The molecule has 5 nitrogen and oxygen atoms in total. The van der Waals surface area contributed by atoms with Crippen LogP contribution in [0, 0.1) is 0 Å². The Morgan fingerprint density at radius 3 is 2.36 bits per heavy atom. The molecule has 0 fully saturated rings. The number of benzene rings is 2. The maximum Gasteiger partial charge on any atom is 0.161 e. The molecule has 9 heteroatoms. The number of halogens is 4. The molecule has 2 aromatic carbocycles. The summed E-state index contributed by atoms with van der Waals surface area (Å²) in [6.07, 6.45) is 0. The molecule has 3 N–H and O–H groups in total. The molecule has 0 amide bonds. The zero-order valence-corrected chi connectivity index (χ0v) is 18.7. The molecule has 0 aliphatic rings. The third-order valence-corrected chi connectivity index (χ3v) is 4.31. The van der Waals surface area contributed by atoms with Gasteiger partial charge >= 0.3 is 0 Å². The number of hydrogen-bond acceptors (Lipinski definition) is 5. The second-order valence-electron chi connectivity index (χ2n) is 5.66. The highest BCUT2D eigenvalue weighted by Crippen LogP contribution is 2.30. The fourth-order valence-electron chi connectivity index (χ4n) is 2.35. The summed E-state index contributed by atoms with van der Waals surface area (Å²) in [5.41, 5.74) is 1.96. The van der Waals surface area contributed by atoms with E-state index in [1.54, 1.807) is 19.2 Å². The van der Waals surface area contributed by atoms with Gasteiger partial charge in [0.2, 0.25) is 0 Å². The van der Waals surface area contributed by atoms with Gasteiger partial charge in [-0.1, -0.05) is 35.3 Å². The van der Waals surface area contributed by atoms with Crippen LogP contribution in [0.2, 0.25) is 10.0 Å². The van der Waals surface area contributed by atoms with Crippen LogP contribution >= 0.6 is 48.0 Å². The van der Waals surface area contributed by atoms with Crippen LogP contribution < -0.4 is 20.1 Å². The minimum atomic E-state index is 0. The van der Waals surface area contributed by atoms with Gasteiger partial charge in [0.1, 0.15) is 6.61 Å². The zero-order valence-electron chi connectivity index (χ0n) is 15.5. The van der Waals surface area contributed by atoms with E-state index in [2.05, 4.69) is 10.6 Å². The predicted octanol–water partition coefficient (Wildman–Crippen LogP) is 4.10. The van der Waals surface area contributed by atoms with Gasteiger partial charge < -0.3 is 25.2 Å². The normalized spacial score (nSPS) is 10.0. The van der Waals surface area contributed by atoms with Crippen LogP contribution in [-0.4, -0.2) is 38.5 Å². The van der Waals surface area contributed by atoms with Gasteiger partial charge in [0.15, 0.2) is 11.5 Å². The molecule has 0 heterocycles. The zero-order chi connectivity index (χ0) is 18.8. The van der Waals surface area contributed by atoms with E-state index in [0.29, 0.717) is 34.7 Å². The summed E-state index contributed by atoms with van der Waals surface area (Å²) in [6, 6.07) is 11.2. The van der Waals surface area contributed by atoms with Gasteiger partial charge in [-0.05, 0) is 29.8 Å². The molecule has 0 aromatic heterocycles. The number of aliphatic hydroxyl groups excluding tert-OH is 1. The van der Waals surface area contributed by atoms with Crippen LogP contribution in [0.5, 0.6) is 11.5 Å². The first kappa shape index (κ1) is 27.1. The van der Waals surface area contributed by atoms with Gasteiger partial charge in [-0.25, -0.2) is 0 Å². The fraction of sp³-hybridized carbons (Fsp3) is 0.368. The molecule has 0 radical (unpaired) electrons. The number of aliphatic hydroxyl groups is 1. The van der Waals surface area contributed by atoms with Crippen molar-refractivity contribution in [2.24, 2.45) is 0 Å². The minimum Gasteiger partial charge on any atom is -0.493 e. The molecule has 0 saturated heterocycles. The Bertz CT molecular complexity index is 705. The molecule has 0 aliphatic heterocycles. The van der Waals surface area contributed by atoms with Crippen molar-refractivity contribution in [2.75, 3.05) is 33.4 Å². The fourth-order valence-corrected chi connectivity index (χ4v) is 2.81. The number of ether oxygens (including phenoxy) is 2. The molecular weight excluding hydrogens is 446 g/mol. The first-order valence-corrected chi connectivity index (χ1v) is 9.15. The average Bonchev–Trinajstić information content (AvgIpc) is 2.64. The Labute approximate surface area is 188 Å². The molecular formula is C19H26Cl4N2O3. The Kier molecular flexibility index (Phi) is 14.5. The van der Waals surface area contributed by atoms with E-state index in [4.69, 9.17) is 37.8 Å². The molecule has 28 heavy (non-hydrogen) atoms. The summed E-state index contributed by atoms with van der Waals surface area (Å²) in [4.78, 5) is 0. The summed E-state index contributed by atoms with van der Waals surface area (Å²) in [5.74, 6) is 1.33. The highest BCUT2D eigenvalue weighted by atomic mass is 35.5. The van der Waals surface area contributed by atoms with Crippen LogP contribution in [0.3, 0.4) is 0 Å². The van der Waals surface area contributed by atoms with E-state index in [0.717, 1.165) is 30.8 Å². The summed E-state index contributed by atoms with van der Waals surface area (Å²) >= 11 is 12.1. The monoisotopic (exact) mass is 470 g/mol. The molecule has 158 valence electrons. The van der Waals surface area contributed by atoms with Crippen molar-refractivity contribution >= 4 is 48.0 Å². The molecule has 2 aromatic rings. The lowest BCUT2D eigenvalue weighted by atomic mass is 10.2. The Morgan fingerprint density at radius 1 is 0.929 bits per heavy atom. The van der Waals surface area contributed by atoms with Crippen LogP contribution in [0.25, 0.3) is 0 Å². The molecule has 2 rings (SSSR count). The standard InChI is InChI=1S/C19H24Cl2N2O3.2ClH/c1-25-19-10-14(12-23-7-6-22-8-9-24)2-5-18(19)26-13-15-3-4-16(20)11-17(15)21;;/h2-5,10-11,22-24H,6-9,12-13H2,1H3;2*1H. The van der Waals surface area contributed by atoms with E-state index in [-0.39, 0.29) is 31.4 Å². The van der Waals surface area contributed by atoms with E-state index >= 15 is 0 Å². The lowest BCUT2D eigenvalue weighted by Crippen LogP contribution is -2.28. The molecule has 0 unspecified atom stereocenters. The quantitative estimate of drug-likeness (QED) is 0.430. The topological polar surface area (TPSA) is 62.8 Å². The van der Waals surface area contributed by atoms with E-state index in [9.17, 15) is 0 Å². The molecule has 0 spiro atoms. The Morgan fingerprint density at radius 2 is 1.68 bits per heavy atom. The minimum absolute atomic E-state index is 0. The summed E-state index contributed by atoms with van der Waals surface area (Å²) < 4.78 is 11.3. The lowest BCUT2D eigenvalue weighted by Gasteiger charge is -2.13. The van der Waals surface area contributed by atoms with Gasteiger partial charge in [-0.15, -0.1) is 24.8 Å². The summed E-state index contributed by atoms with van der Waals surface area (Å²) in [5, 5.41) is 16.3. The van der Waals surface area contributed by atoms with Gasteiger partial charge in [-0.2, -0.15) is 0 Å². The first-order valence-electron chi connectivity index (χ1n) is 8.40. The van der Waals surface area contributed by atoms with Gasteiger partial charge in [0.25, 0.3) is 0 Å². The van der Waals surface area contributed by atoms with E-state index < -0.39 is 0 Å². The SMILES string of the molecule is COc1cc(CNCCNCCO)ccc1OCc1ccc(Cl)cc1Cl.Cl.Cl. The van der Waals surface area contributed by atoms with Gasteiger partial charge in [0, 0.05) is 41.8 Å². The summed E-state index contributed by atoms with van der Waals surface area (Å²) in [6.45, 7) is 3.44. The molecule has 0 aliphatic carbocycles. The van der Waals surface area contributed by atoms with Crippen molar-refractivity contribution < 1.29 is 14.6 Å². The van der Waals surface area contributed by atoms with Crippen molar-refractivity contribution in [2.45, 2.75) is 13.2 Å². The number of hydrogen-bond donors (Lipinski definition) is 3. The Balaban J connectivity index is 0.00000364. The van der Waals surface area contributed by atoms with Gasteiger partial charge in [0.05, 0.1) is 13.7 Å². The number of rotatable bonds is 11. The van der Waals surface area contributed by atoms with Crippen molar-refractivity contribution in [3.63, 3.8) is 0 Å². The third kappa shape index (κ3) is 9.05. The van der Waals surface area contributed by atoms with Crippen LogP contribution in [0.4, 0.5) is 0 Å². The summed E-state index contributed by atoms with van der Waals surface area (Å²) in [7, 11) is 1.62. The predicted molar refractivity (Wildman–Crippen MR) is 120 cm³/mol. The molecule has 0 bridgehead atoms. The van der Waals surface area contributed by atoms with Crippen molar-refractivity contribution in [3.8, 4) is 11.5 Å². The van der Waals surface area contributed by atoms with Crippen LogP contribution in [0.1, 0.15) is 11.1 Å². The van der Waals surface area contributed by atoms with Crippen LogP contribution in [-0.2, 0) is 13.2 Å². The molecule has 0 saturated carbocycles. The third-order valence-electron chi connectivity index (χ3n) is 3.72. The van der Waals surface area contributed by atoms with Crippen molar-refractivity contribution in [3.05, 3.63) is 57.6 Å². The first-order chi connectivity index (χ1) is 12.6. The number of nitrogens with one attached hydrogen (secondary N) is 2. The highest BCUT2D eigenvalue weighted by Gasteiger charge is 2.08.